The molecule has 22 heavy (non-hydrogen) atoms. The molecule has 4 nitrogen and oxygen atoms in total. The van der Waals surface area contributed by atoms with Crippen LogP contribution in [0.3, 0.4) is 0 Å². The Morgan fingerprint density at radius 3 is 2.41 bits per heavy atom. The molecule has 0 aromatic heterocycles. The van der Waals surface area contributed by atoms with Crippen LogP contribution in [0.4, 0.5) is 20.2 Å². The Morgan fingerprint density at radius 1 is 1.14 bits per heavy atom. The average Bonchev–Trinajstić information content (AvgIpc) is 2.49. The van der Waals surface area contributed by atoms with Crippen molar-refractivity contribution >= 4 is 71.7 Å². The molecule has 0 aliphatic heterocycles. The second-order valence-electron chi connectivity index (χ2n) is 4.10. The van der Waals surface area contributed by atoms with E-state index in [9.17, 15) is 13.6 Å². The van der Waals surface area contributed by atoms with Gasteiger partial charge >= 0.3 is 0 Å². The minimum absolute atomic E-state index is 0.226. The van der Waals surface area contributed by atoms with Gasteiger partial charge in [-0.3, -0.25) is 10.0 Å². The molecule has 0 spiro atoms. The molecule has 0 radical (unpaired) electrons. The standard InChI is InChI=1S/C13H7Br2F2IN2O2/c14-7-3-5(18)1-2-9(7)19-12-6(13(21)20-22)4-8(15)10(16)11(12)17/h1-4,19,22H,(H,20,21). The monoisotopic (exact) mass is 546 g/mol. The highest BCUT2D eigenvalue weighted by molar-refractivity contribution is 14.1. The summed E-state index contributed by atoms with van der Waals surface area (Å²) in [4.78, 5) is 11.7. The summed E-state index contributed by atoms with van der Waals surface area (Å²) in [5, 5.41) is 11.4. The van der Waals surface area contributed by atoms with E-state index in [2.05, 4.69) is 59.8 Å². The van der Waals surface area contributed by atoms with Gasteiger partial charge in [-0.15, -0.1) is 0 Å². The zero-order valence-corrected chi connectivity index (χ0v) is 15.9. The summed E-state index contributed by atoms with van der Waals surface area (Å²) in [6, 6.07) is 6.24. The van der Waals surface area contributed by atoms with Crippen LogP contribution in [0.5, 0.6) is 0 Å². The van der Waals surface area contributed by atoms with Gasteiger partial charge in [0.2, 0.25) is 0 Å². The first-order valence-corrected chi connectivity index (χ1v) is 8.35. The lowest BCUT2D eigenvalue weighted by Crippen LogP contribution is -2.21. The van der Waals surface area contributed by atoms with Gasteiger partial charge in [0.05, 0.1) is 21.4 Å². The van der Waals surface area contributed by atoms with E-state index in [1.165, 1.54) is 5.48 Å². The van der Waals surface area contributed by atoms with Gasteiger partial charge in [0.1, 0.15) is 0 Å². The van der Waals surface area contributed by atoms with E-state index in [1.54, 1.807) is 18.2 Å². The molecular formula is C13H7Br2F2IN2O2. The lowest BCUT2D eigenvalue weighted by molar-refractivity contribution is 0.0706. The summed E-state index contributed by atoms with van der Waals surface area (Å²) in [6.07, 6.45) is 0. The Labute approximate surface area is 154 Å². The van der Waals surface area contributed by atoms with Crippen LogP contribution in [0.15, 0.2) is 33.2 Å². The quantitative estimate of drug-likeness (QED) is 0.220. The molecule has 2 rings (SSSR count). The molecule has 0 atom stereocenters. The maximum atomic E-state index is 14.2. The fourth-order valence-electron chi connectivity index (χ4n) is 1.68. The third-order valence-electron chi connectivity index (χ3n) is 2.70. The first-order valence-electron chi connectivity index (χ1n) is 5.69. The van der Waals surface area contributed by atoms with E-state index in [0.717, 1.165) is 9.64 Å². The van der Waals surface area contributed by atoms with Crippen molar-refractivity contribution in [2.45, 2.75) is 0 Å². The third-order valence-corrected chi connectivity index (χ3v) is 4.60. The molecule has 0 heterocycles. The van der Waals surface area contributed by atoms with E-state index in [1.807, 2.05) is 0 Å². The second-order valence-corrected chi connectivity index (χ2v) is 7.05. The minimum Gasteiger partial charge on any atom is -0.351 e. The highest BCUT2D eigenvalue weighted by Gasteiger charge is 2.22. The van der Waals surface area contributed by atoms with Crippen molar-refractivity contribution in [3.05, 3.63) is 54.0 Å². The highest BCUT2D eigenvalue weighted by atomic mass is 127. The normalized spacial score (nSPS) is 10.5. The summed E-state index contributed by atoms with van der Waals surface area (Å²) < 4.78 is 29.2. The summed E-state index contributed by atoms with van der Waals surface area (Å²) >= 11 is 8.22. The van der Waals surface area contributed by atoms with Crippen LogP contribution in [0.1, 0.15) is 10.4 Å². The first-order chi connectivity index (χ1) is 10.3. The predicted molar refractivity (Wildman–Crippen MR) is 93.5 cm³/mol. The number of hydrogen-bond acceptors (Lipinski definition) is 3. The molecule has 0 bridgehead atoms. The van der Waals surface area contributed by atoms with Crippen molar-refractivity contribution < 1.29 is 18.8 Å². The molecule has 116 valence electrons. The number of nitrogens with one attached hydrogen (secondary N) is 2. The molecular weight excluding hydrogens is 541 g/mol. The number of hydroxylamine groups is 1. The molecule has 0 saturated heterocycles. The number of rotatable bonds is 3. The number of benzene rings is 2. The maximum absolute atomic E-state index is 14.2. The zero-order chi connectivity index (χ0) is 16.4. The smallest absolute Gasteiger partial charge is 0.276 e. The Balaban J connectivity index is 2.58. The Bertz CT molecular complexity index is 759. The topological polar surface area (TPSA) is 61.4 Å². The average molecular weight is 548 g/mol. The van der Waals surface area contributed by atoms with Crippen LogP contribution in [0, 0.1) is 15.2 Å². The van der Waals surface area contributed by atoms with E-state index in [4.69, 9.17) is 5.21 Å². The van der Waals surface area contributed by atoms with Crippen molar-refractivity contribution in [1.82, 2.24) is 5.48 Å². The van der Waals surface area contributed by atoms with Crippen LogP contribution in [-0.2, 0) is 0 Å². The van der Waals surface area contributed by atoms with E-state index in [0.29, 0.717) is 10.2 Å². The molecule has 3 N–H and O–H groups in total. The van der Waals surface area contributed by atoms with Crippen molar-refractivity contribution in [2.24, 2.45) is 0 Å². The first kappa shape index (κ1) is 17.6. The van der Waals surface area contributed by atoms with Crippen LogP contribution in [-0.4, -0.2) is 11.1 Å². The predicted octanol–water partition coefficient (Wildman–Crippen LogP) is 4.96. The molecule has 9 heteroatoms. The number of halogens is 5. The maximum Gasteiger partial charge on any atom is 0.276 e. The Morgan fingerprint density at radius 2 is 1.82 bits per heavy atom. The third kappa shape index (κ3) is 3.58. The molecule has 2 aromatic carbocycles. The van der Waals surface area contributed by atoms with Gasteiger partial charge in [-0.05, 0) is 78.7 Å². The van der Waals surface area contributed by atoms with E-state index < -0.39 is 17.5 Å². The van der Waals surface area contributed by atoms with Crippen molar-refractivity contribution in [1.29, 1.82) is 0 Å². The van der Waals surface area contributed by atoms with Crippen molar-refractivity contribution in [3.8, 4) is 0 Å². The molecule has 2 aromatic rings. The number of amides is 1. The molecule has 0 fully saturated rings. The molecule has 0 saturated carbocycles. The molecule has 0 unspecified atom stereocenters. The Hall–Kier alpha value is -0.780. The molecule has 0 aliphatic rings. The minimum atomic E-state index is -1.24. The fraction of sp³-hybridized carbons (Fsp3) is 0. The second kappa shape index (κ2) is 7.20. The lowest BCUT2D eigenvalue weighted by Gasteiger charge is -2.15. The van der Waals surface area contributed by atoms with Crippen LogP contribution >= 0.6 is 54.5 Å². The lowest BCUT2D eigenvalue weighted by atomic mass is 10.1. The van der Waals surface area contributed by atoms with Gasteiger partial charge in [0.15, 0.2) is 11.6 Å². The summed E-state index contributed by atoms with van der Waals surface area (Å²) in [7, 11) is 0. The number of carbonyl (C=O) groups is 1. The van der Waals surface area contributed by atoms with Crippen LogP contribution < -0.4 is 10.8 Å². The number of anilines is 2. The van der Waals surface area contributed by atoms with E-state index >= 15 is 0 Å². The number of carbonyl (C=O) groups excluding carboxylic acids is 1. The fourth-order valence-corrected chi connectivity index (χ4v) is 3.48. The van der Waals surface area contributed by atoms with Gasteiger partial charge in [0.25, 0.3) is 5.91 Å². The van der Waals surface area contributed by atoms with Crippen molar-refractivity contribution in [3.63, 3.8) is 0 Å². The van der Waals surface area contributed by atoms with Gasteiger partial charge in [0, 0.05) is 8.04 Å². The van der Waals surface area contributed by atoms with Crippen LogP contribution in [0.25, 0.3) is 0 Å². The largest absolute Gasteiger partial charge is 0.351 e. The molecule has 0 aliphatic carbocycles. The van der Waals surface area contributed by atoms with Gasteiger partial charge < -0.3 is 5.32 Å². The molecule has 1 amide bonds. The summed E-state index contributed by atoms with van der Waals surface area (Å²) in [6.45, 7) is 0. The van der Waals surface area contributed by atoms with Gasteiger partial charge in [-0.25, -0.2) is 14.3 Å². The summed E-state index contributed by atoms with van der Waals surface area (Å²) in [5.41, 5.74) is 1.21. The zero-order valence-electron chi connectivity index (χ0n) is 10.6. The summed E-state index contributed by atoms with van der Waals surface area (Å²) in [5.74, 6) is -3.35. The van der Waals surface area contributed by atoms with E-state index in [-0.39, 0.29) is 15.7 Å². The van der Waals surface area contributed by atoms with Gasteiger partial charge in [-0.1, -0.05) is 0 Å². The number of hydrogen-bond donors (Lipinski definition) is 3. The SMILES string of the molecule is O=C(NO)c1cc(Br)c(F)c(F)c1Nc1ccc(I)cc1Br. The van der Waals surface area contributed by atoms with Crippen LogP contribution in [0.2, 0.25) is 0 Å². The Kier molecular flexibility index (Phi) is 5.75. The van der Waals surface area contributed by atoms with Crippen molar-refractivity contribution in [2.75, 3.05) is 5.32 Å². The van der Waals surface area contributed by atoms with Gasteiger partial charge in [-0.2, -0.15) is 0 Å². The highest BCUT2D eigenvalue weighted by Crippen LogP contribution is 2.34.